The number of hydrogen-bond acceptors (Lipinski definition) is 8. The molecule has 0 amide bonds. The van der Waals surface area contributed by atoms with E-state index in [9.17, 15) is 0 Å². The van der Waals surface area contributed by atoms with Gasteiger partial charge in [-0.05, 0) is 24.6 Å². The van der Waals surface area contributed by atoms with Crippen molar-refractivity contribution < 1.29 is 4.74 Å². The van der Waals surface area contributed by atoms with Gasteiger partial charge in [0, 0.05) is 6.54 Å². The summed E-state index contributed by atoms with van der Waals surface area (Å²) in [5.41, 5.74) is 3.97. The number of aromatic nitrogens is 3. The zero-order valence-corrected chi connectivity index (χ0v) is 11.5. The van der Waals surface area contributed by atoms with Gasteiger partial charge in [0.25, 0.3) is 0 Å². The molecule has 0 fully saturated rings. The molecule has 0 saturated carbocycles. The average Bonchev–Trinajstić information content (AvgIpc) is 2.53. The molecule has 0 unspecified atom stereocenters. The van der Waals surface area contributed by atoms with E-state index in [4.69, 9.17) is 15.8 Å². The fourth-order valence-electron chi connectivity index (χ4n) is 1.57. The zero-order chi connectivity index (χ0) is 15.1. The third-order valence-electron chi connectivity index (χ3n) is 2.55. The molecule has 1 heterocycles. The third kappa shape index (κ3) is 4.02. The summed E-state index contributed by atoms with van der Waals surface area (Å²) in [6.45, 7) is 2.79. The predicted octanol–water partition coefficient (Wildman–Crippen LogP) is 1.04. The van der Waals surface area contributed by atoms with E-state index < -0.39 is 0 Å². The van der Waals surface area contributed by atoms with Crippen LogP contribution in [-0.2, 0) is 6.54 Å². The second-order valence-corrected chi connectivity index (χ2v) is 4.00. The Morgan fingerprint density at radius 3 is 2.52 bits per heavy atom. The number of hydrogen-bond donors (Lipinski definition) is 3. The van der Waals surface area contributed by atoms with Crippen LogP contribution in [0.5, 0.6) is 6.01 Å². The number of nitrogens with two attached hydrogens (primary N) is 1. The van der Waals surface area contributed by atoms with Crippen molar-refractivity contribution in [1.82, 2.24) is 15.0 Å². The SMILES string of the molecule is CCOc1nc(NN)nc(NCc2ccc(C#N)cc2)n1. The molecule has 21 heavy (non-hydrogen) atoms. The van der Waals surface area contributed by atoms with Gasteiger partial charge in [-0.15, -0.1) is 0 Å². The Morgan fingerprint density at radius 1 is 1.19 bits per heavy atom. The Morgan fingerprint density at radius 2 is 1.90 bits per heavy atom. The van der Waals surface area contributed by atoms with Crippen LogP contribution in [0.4, 0.5) is 11.9 Å². The fraction of sp³-hybridized carbons (Fsp3) is 0.231. The van der Waals surface area contributed by atoms with Gasteiger partial charge < -0.3 is 10.1 Å². The standard InChI is InChI=1S/C13H15N7O/c1-2-21-13-18-11(17-12(19-13)20-15)16-8-10-5-3-9(7-14)4-6-10/h3-6H,2,8,15H2,1H3,(H2,16,17,18,19,20). The molecular weight excluding hydrogens is 270 g/mol. The summed E-state index contributed by atoms with van der Waals surface area (Å²) in [5, 5.41) is 11.8. The van der Waals surface area contributed by atoms with Crippen molar-refractivity contribution in [2.24, 2.45) is 5.84 Å². The number of nitrogens with zero attached hydrogens (tertiary/aromatic N) is 4. The van der Waals surface area contributed by atoms with Gasteiger partial charge in [0.2, 0.25) is 11.9 Å². The second kappa shape index (κ2) is 7.02. The quantitative estimate of drug-likeness (QED) is 0.531. The average molecular weight is 285 g/mol. The number of anilines is 2. The maximum absolute atomic E-state index is 8.75. The lowest BCUT2D eigenvalue weighted by Gasteiger charge is -2.08. The van der Waals surface area contributed by atoms with Crippen LogP contribution in [0.25, 0.3) is 0 Å². The molecule has 0 aliphatic rings. The van der Waals surface area contributed by atoms with Crippen LogP contribution in [0, 0.1) is 11.3 Å². The molecule has 4 N–H and O–H groups in total. The smallest absolute Gasteiger partial charge is 0.323 e. The van der Waals surface area contributed by atoms with Crippen molar-refractivity contribution in [3.05, 3.63) is 35.4 Å². The van der Waals surface area contributed by atoms with Gasteiger partial charge in [-0.25, -0.2) is 5.84 Å². The first-order valence-electron chi connectivity index (χ1n) is 6.33. The van der Waals surface area contributed by atoms with Crippen LogP contribution >= 0.6 is 0 Å². The van der Waals surface area contributed by atoms with Gasteiger partial charge >= 0.3 is 6.01 Å². The lowest BCUT2D eigenvalue weighted by Crippen LogP contribution is -2.14. The summed E-state index contributed by atoms with van der Waals surface area (Å²) in [5.74, 6) is 5.88. The molecule has 0 saturated heterocycles. The summed E-state index contributed by atoms with van der Waals surface area (Å²) in [6.07, 6.45) is 0. The van der Waals surface area contributed by atoms with Gasteiger partial charge in [-0.3, -0.25) is 5.43 Å². The summed E-state index contributed by atoms with van der Waals surface area (Å²) in [7, 11) is 0. The van der Waals surface area contributed by atoms with E-state index in [1.54, 1.807) is 12.1 Å². The maximum atomic E-state index is 8.75. The lowest BCUT2D eigenvalue weighted by molar-refractivity contribution is 0.312. The van der Waals surface area contributed by atoms with E-state index in [-0.39, 0.29) is 12.0 Å². The zero-order valence-electron chi connectivity index (χ0n) is 11.5. The number of rotatable bonds is 6. The number of nitrogens with one attached hydrogen (secondary N) is 2. The number of nitrogen functional groups attached to an aromatic ring is 1. The molecule has 0 aliphatic carbocycles. The van der Waals surface area contributed by atoms with Crippen LogP contribution in [0.3, 0.4) is 0 Å². The summed E-state index contributed by atoms with van der Waals surface area (Å²) in [6, 6.07) is 9.49. The molecule has 0 spiro atoms. The van der Waals surface area contributed by atoms with Gasteiger partial charge in [0.1, 0.15) is 0 Å². The van der Waals surface area contributed by atoms with Gasteiger partial charge in [0.15, 0.2) is 0 Å². The highest BCUT2D eigenvalue weighted by Crippen LogP contribution is 2.12. The maximum Gasteiger partial charge on any atom is 0.323 e. The van der Waals surface area contributed by atoms with Gasteiger partial charge in [0.05, 0.1) is 18.2 Å². The van der Waals surface area contributed by atoms with E-state index >= 15 is 0 Å². The van der Waals surface area contributed by atoms with Crippen LogP contribution < -0.4 is 21.3 Å². The molecule has 8 heteroatoms. The Bertz CT molecular complexity index is 636. The monoisotopic (exact) mass is 285 g/mol. The largest absolute Gasteiger partial charge is 0.464 e. The Kier molecular flexibility index (Phi) is 4.84. The van der Waals surface area contributed by atoms with Crippen molar-refractivity contribution >= 4 is 11.9 Å². The number of nitriles is 1. The van der Waals surface area contributed by atoms with Crippen LogP contribution in [0.2, 0.25) is 0 Å². The Hall–Kier alpha value is -2.92. The molecule has 0 aliphatic heterocycles. The number of benzene rings is 1. The van der Waals surface area contributed by atoms with Crippen molar-refractivity contribution in [2.45, 2.75) is 13.5 Å². The molecule has 108 valence electrons. The van der Waals surface area contributed by atoms with Crippen LogP contribution in [0.15, 0.2) is 24.3 Å². The van der Waals surface area contributed by atoms with Gasteiger partial charge in [-0.2, -0.15) is 20.2 Å². The third-order valence-corrected chi connectivity index (χ3v) is 2.55. The van der Waals surface area contributed by atoms with Crippen molar-refractivity contribution in [3.63, 3.8) is 0 Å². The molecular formula is C13H15N7O. The van der Waals surface area contributed by atoms with Gasteiger partial charge in [-0.1, -0.05) is 12.1 Å². The Labute approximate surface area is 122 Å². The molecule has 8 nitrogen and oxygen atoms in total. The van der Waals surface area contributed by atoms with Crippen molar-refractivity contribution in [2.75, 3.05) is 17.3 Å². The van der Waals surface area contributed by atoms with E-state index in [1.807, 2.05) is 19.1 Å². The first-order valence-corrected chi connectivity index (χ1v) is 6.33. The fourth-order valence-corrected chi connectivity index (χ4v) is 1.57. The summed E-state index contributed by atoms with van der Waals surface area (Å²) in [4.78, 5) is 12.2. The highest BCUT2D eigenvalue weighted by atomic mass is 16.5. The van der Waals surface area contributed by atoms with Crippen molar-refractivity contribution in [3.8, 4) is 12.1 Å². The molecule has 0 atom stereocenters. The normalized spacial score (nSPS) is 9.76. The number of hydrazine groups is 1. The minimum absolute atomic E-state index is 0.197. The van der Waals surface area contributed by atoms with E-state index in [1.165, 1.54) is 0 Å². The number of ether oxygens (including phenoxy) is 1. The van der Waals surface area contributed by atoms with Crippen molar-refractivity contribution in [1.29, 1.82) is 5.26 Å². The topological polar surface area (TPSA) is 122 Å². The summed E-state index contributed by atoms with van der Waals surface area (Å²) < 4.78 is 5.24. The molecule has 1 aromatic heterocycles. The lowest BCUT2D eigenvalue weighted by atomic mass is 10.1. The van der Waals surface area contributed by atoms with E-state index in [0.29, 0.717) is 24.7 Å². The van der Waals surface area contributed by atoms with E-state index in [0.717, 1.165) is 5.56 Å². The molecule has 2 rings (SSSR count). The minimum atomic E-state index is 0.197. The molecule has 0 radical (unpaired) electrons. The van der Waals surface area contributed by atoms with Crippen LogP contribution in [0.1, 0.15) is 18.1 Å². The summed E-state index contributed by atoms with van der Waals surface area (Å²) >= 11 is 0. The highest BCUT2D eigenvalue weighted by Gasteiger charge is 2.06. The van der Waals surface area contributed by atoms with Crippen LogP contribution in [-0.4, -0.2) is 21.6 Å². The molecule has 1 aromatic carbocycles. The second-order valence-electron chi connectivity index (χ2n) is 4.00. The molecule has 0 bridgehead atoms. The first kappa shape index (κ1) is 14.5. The predicted molar refractivity (Wildman–Crippen MR) is 77.3 cm³/mol. The van der Waals surface area contributed by atoms with E-state index in [2.05, 4.69) is 31.8 Å². The molecule has 2 aromatic rings. The Balaban J connectivity index is 2.07. The first-order chi connectivity index (χ1) is 10.2. The minimum Gasteiger partial charge on any atom is -0.464 e. The highest BCUT2D eigenvalue weighted by molar-refractivity contribution is 5.37.